The summed E-state index contributed by atoms with van der Waals surface area (Å²) in [5.41, 5.74) is 1.80. The van der Waals surface area contributed by atoms with Gasteiger partial charge in [-0.3, -0.25) is 0 Å². The van der Waals surface area contributed by atoms with Gasteiger partial charge in [0, 0.05) is 11.4 Å². The zero-order valence-corrected chi connectivity index (χ0v) is 15.9. The lowest BCUT2D eigenvalue weighted by Gasteiger charge is -2.43. The van der Waals surface area contributed by atoms with Gasteiger partial charge in [0.1, 0.15) is 17.2 Å². The number of hydrogen-bond donors (Lipinski definition) is 2. The lowest BCUT2D eigenvalue weighted by molar-refractivity contribution is 0.275. The van der Waals surface area contributed by atoms with Gasteiger partial charge in [-0.1, -0.05) is 13.8 Å². The molecule has 2 N–H and O–H groups in total. The maximum atomic E-state index is 5.26. The summed E-state index contributed by atoms with van der Waals surface area (Å²) in [5, 5.41) is 7.32. The third-order valence-electron chi connectivity index (χ3n) is 4.60. The van der Waals surface area contributed by atoms with E-state index in [1.165, 1.54) is 0 Å². The predicted molar refractivity (Wildman–Crippen MR) is 107 cm³/mol. The average Bonchev–Trinajstić information content (AvgIpc) is 2.62. The fraction of sp³-hybridized carbons (Fsp3) is 0.364. The lowest BCUT2D eigenvalue weighted by Crippen LogP contribution is -2.49. The van der Waals surface area contributed by atoms with Crippen LogP contribution in [0.25, 0.3) is 0 Å². The van der Waals surface area contributed by atoms with E-state index in [1.54, 1.807) is 14.2 Å². The number of allylic oxidation sites excluding steroid dienone is 1. The molecule has 2 aromatic carbocycles. The number of hydrogen-bond acceptors (Lipinski definition) is 4. The molecule has 3 rings (SSSR count). The summed E-state index contributed by atoms with van der Waals surface area (Å²) in [5.74, 6) is 1.69. The van der Waals surface area contributed by atoms with Crippen molar-refractivity contribution in [2.75, 3.05) is 24.9 Å². The topological polar surface area (TPSA) is 42.5 Å². The summed E-state index contributed by atoms with van der Waals surface area (Å²) in [6.07, 6.45) is 7.45. The number of nitrogens with one attached hydrogen (secondary N) is 2. The molecule has 2 aromatic rings. The van der Waals surface area contributed by atoms with Gasteiger partial charge in [-0.25, -0.2) is 0 Å². The van der Waals surface area contributed by atoms with Gasteiger partial charge in [0.05, 0.1) is 14.2 Å². The quantitative estimate of drug-likeness (QED) is 0.710. The first-order chi connectivity index (χ1) is 12.4. The molecule has 4 nitrogen and oxygen atoms in total. The average molecular weight is 351 g/mol. The molecule has 0 spiro atoms. The van der Waals surface area contributed by atoms with Crippen LogP contribution < -0.4 is 20.1 Å². The SMILES string of the molecule is COc1ccc(NC2(Nc3ccc(OC)cc3)C=[C]CC(C)(C)C2)cc1. The highest BCUT2D eigenvalue weighted by molar-refractivity contribution is 5.56. The van der Waals surface area contributed by atoms with Gasteiger partial charge in [0.15, 0.2) is 0 Å². The minimum atomic E-state index is -0.412. The lowest BCUT2D eigenvalue weighted by atomic mass is 9.75. The molecule has 0 amide bonds. The fourth-order valence-electron chi connectivity index (χ4n) is 3.43. The zero-order chi connectivity index (χ0) is 18.6. The molecular weight excluding hydrogens is 324 g/mol. The van der Waals surface area contributed by atoms with Gasteiger partial charge in [0.2, 0.25) is 0 Å². The Morgan fingerprint density at radius 3 is 1.65 bits per heavy atom. The summed E-state index contributed by atoms with van der Waals surface area (Å²) in [7, 11) is 3.35. The number of rotatable bonds is 6. The van der Waals surface area contributed by atoms with E-state index in [2.05, 4.69) is 36.6 Å². The Labute approximate surface area is 156 Å². The summed E-state index contributed by atoms with van der Waals surface area (Å²) in [6, 6.07) is 16.0. The summed E-state index contributed by atoms with van der Waals surface area (Å²) < 4.78 is 10.5. The molecule has 0 atom stereocenters. The van der Waals surface area contributed by atoms with Crippen molar-refractivity contribution in [3.8, 4) is 11.5 Å². The molecule has 1 aliphatic rings. The van der Waals surface area contributed by atoms with Crippen molar-refractivity contribution in [1.29, 1.82) is 0 Å². The van der Waals surface area contributed by atoms with Crippen LogP contribution in [-0.2, 0) is 0 Å². The highest BCUT2D eigenvalue weighted by Crippen LogP contribution is 2.39. The van der Waals surface area contributed by atoms with Crippen molar-refractivity contribution in [3.05, 3.63) is 60.7 Å². The van der Waals surface area contributed by atoms with Crippen LogP contribution in [0.1, 0.15) is 26.7 Å². The summed E-state index contributed by atoms with van der Waals surface area (Å²) in [4.78, 5) is 0. The second-order valence-corrected chi connectivity index (χ2v) is 7.54. The molecule has 0 aliphatic heterocycles. The molecule has 0 fully saturated rings. The van der Waals surface area contributed by atoms with E-state index in [4.69, 9.17) is 9.47 Å². The Balaban J connectivity index is 1.88. The highest BCUT2D eigenvalue weighted by Gasteiger charge is 2.37. The number of anilines is 2. The summed E-state index contributed by atoms with van der Waals surface area (Å²) >= 11 is 0. The third kappa shape index (κ3) is 4.31. The molecule has 0 unspecified atom stereocenters. The number of ether oxygens (including phenoxy) is 2. The molecule has 0 aromatic heterocycles. The first-order valence-electron chi connectivity index (χ1n) is 8.86. The van der Waals surface area contributed by atoms with Crippen LogP contribution in [0.15, 0.2) is 54.6 Å². The van der Waals surface area contributed by atoms with Crippen LogP contribution in [0.5, 0.6) is 11.5 Å². The first-order valence-corrected chi connectivity index (χ1v) is 8.86. The maximum absolute atomic E-state index is 5.26. The Morgan fingerprint density at radius 1 is 0.808 bits per heavy atom. The molecule has 137 valence electrons. The molecule has 4 heteroatoms. The van der Waals surface area contributed by atoms with Crippen LogP contribution in [0.3, 0.4) is 0 Å². The van der Waals surface area contributed by atoms with Gasteiger partial charge in [-0.15, -0.1) is 0 Å². The normalized spacial score (nSPS) is 17.4. The van der Waals surface area contributed by atoms with E-state index < -0.39 is 5.66 Å². The minimum Gasteiger partial charge on any atom is -0.497 e. The minimum absolute atomic E-state index is 0.147. The first kappa shape index (κ1) is 18.2. The van der Waals surface area contributed by atoms with Crippen LogP contribution in [-0.4, -0.2) is 19.9 Å². The van der Waals surface area contributed by atoms with E-state index >= 15 is 0 Å². The third-order valence-corrected chi connectivity index (χ3v) is 4.60. The smallest absolute Gasteiger partial charge is 0.128 e. The van der Waals surface area contributed by atoms with Gasteiger partial charge in [-0.2, -0.15) is 0 Å². The van der Waals surface area contributed by atoms with E-state index in [-0.39, 0.29) is 5.41 Å². The predicted octanol–water partition coefficient (Wildman–Crippen LogP) is 5.10. The Hall–Kier alpha value is -2.62. The van der Waals surface area contributed by atoms with Crippen molar-refractivity contribution in [2.45, 2.75) is 32.4 Å². The van der Waals surface area contributed by atoms with Crippen LogP contribution in [0.4, 0.5) is 11.4 Å². The molecule has 0 heterocycles. The second-order valence-electron chi connectivity index (χ2n) is 7.54. The van der Waals surface area contributed by atoms with E-state index in [0.29, 0.717) is 0 Å². The molecular formula is C22H27N2O2. The second kappa shape index (κ2) is 7.32. The molecule has 0 bridgehead atoms. The number of methoxy groups -OCH3 is 2. The largest absolute Gasteiger partial charge is 0.497 e. The van der Waals surface area contributed by atoms with E-state index in [1.807, 2.05) is 48.5 Å². The fourth-order valence-corrected chi connectivity index (χ4v) is 3.43. The van der Waals surface area contributed by atoms with E-state index in [0.717, 1.165) is 35.7 Å². The standard InChI is InChI=1S/C22H27N2O2/c1-21(2)14-5-15-22(16-21,23-17-6-10-19(25-3)11-7-17)24-18-8-12-20(26-4)13-9-18/h6-13,15,23-24H,14,16H2,1-4H3. The molecule has 0 saturated carbocycles. The zero-order valence-electron chi connectivity index (χ0n) is 15.9. The molecule has 1 aliphatic carbocycles. The van der Waals surface area contributed by atoms with Crippen molar-refractivity contribution in [2.24, 2.45) is 5.41 Å². The van der Waals surface area contributed by atoms with Gasteiger partial charge in [-0.05, 0) is 78.9 Å². The van der Waals surface area contributed by atoms with E-state index in [9.17, 15) is 0 Å². The van der Waals surface area contributed by atoms with Crippen molar-refractivity contribution >= 4 is 11.4 Å². The van der Waals surface area contributed by atoms with Crippen LogP contribution in [0.2, 0.25) is 0 Å². The maximum Gasteiger partial charge on any atom is 0.128 e. The van der Waals surface area contributed by atoms with Crippen molar-refractivity contribution in [1.82, 2.24) is 0 Å². The van der Waals surface area contributed by atoms with Gasteiger partial charge < -0.3 is 20.1 Å². The summed E-state index contributed by atoms with van der Waals surface area (Å²) in [6.45, 7) is 4.54. The molecule has 1 radical (unpaired) electrons. The van der Waals surface area contributed by atoms with Crippen molar-refractivity contribution in [3.63, 3.8) is 0 Å². The van der Waals surface area contributed by atoms with Crippen molar-refractivity contribution < 1.29 is 9.47 Å². The Kier molecular flexibility index (Phi) is 5.12. The van der Waals surface area contributed by atoms with Gasteiger partial charge in [0.25, 0.3) is 0 Å². The monoisotopic (exact) mass is 351 g/mol. The molecule has 0 saturated heterocycles. The highest BCUT2D eigenvalue weighted by atomic mass is 16.5. The molecule has 26 heavy (non-hydrogen) atoms. The Bertz CT molecular complexity index is 699. The number of benzene rings is 2. The van der Waals surface area contributed by atoms with Gasteiger partial charge >= 0.3 is 0 Å². The Morgan fingerprint density at radius 2 is 1.27 bits per heavy atom. The van der Waals surface area contributed by atoms with Crippen LogP contribution in [0, 0.1) is 11.5 Å². The van der Waals surface area contributed by atoms with Crippen LogP contribution >= 0.6 is 0 Å².